The largest absolute Gasteiger partial charge is 0.374 e. The van der Waals surface area contributed by atoms with E-state index in [-0.39, 0.29) is 12.0 Å². The summed E-state index contributed by atoms with van der Waals surface area (Å²) in [4.78, 5) is 11.8. The molecule has 1 aliphatic rings. The highest BCUT2D eigenvalue weighted by molar-refractivity contribution is 5.78. The second-order valence-corrected chi connectivity index (χ2v) is 4.60. The summed E-state index contributed by atoms with van der Waals surface area (Å²) in [6.45, 7) is 5.03. The van der Waals surface area contributed by atoms with Crippen molar-refractivity contribution in [2.24, 2.45) is 0 Å². The molecule has 0 spiro atoms. The predicted octanol–water partition coefficient (Wildman–Crippen LogP) is 0.642. The highest BCUT2D eigenvalue weighted by atomic mass is 16.5. The van der Waals surface area contributed by atoms with Gasteiger partial charge in [-0.05, 0) is 18.1 Å². The molecule has 1 amide bonds. The molecule has 98 valence electrons. The second kappa shape index (κ2) is 6.52. The van der Waals surface area contributed by atoms with E-state index >= 15 is 0 Å². The Hall–Kier alpha value is -1.39. The fourth-order valence-corrected chi connectivity index (χ4v) is 2.02. The first kappa shape index (κ1) is 13.1. The standard InChI is InChI=1S/C14H20N2O2/c1-11-4-2-3-5-12(11)8-14(17)16-10-13-9-15-6-7-18-13/h2-5,13,15H,6-10H2,1H3,(H,16,17). The first-order chi connectivity index (χ1) is 8.75. The van der Waals surface area contributed by atoms with Gasteiger partial charge in [0.05, 0.1) is 19.1 Å². The molecule has 1 saturated heterocycles. The zero-order valence-electron chi connectivity index (χ0n) is 10.7. The Balaban J connectivity index is 1.76. The highest BCUT2D eigenvalue weighted by Crippen LogP contribution is 2.07. The number of benzene rings is 1. The molecule has 2 N–H and O–H groups in total. The molecule has 0 aromatic heterocycles. The monoisotopic (exact) mass is 248 g/mol. The fraction of sp³-hybridized carbons (Fsp3) is 0.500. The number of amides is 1. The normalized spacial score (nSPS) is 19.5. The molecule has 1 unspecified atom stereocenters. The zero-order valence-corrected chi connectivity index (χ0v) is 10.7. The fourth-order valence-electron chi connectivity index (χ4n) is 2.02. The third kappa shape index (κ3) is 3.82. The minimum atomic E-state index is 0.0541. The van der Waals surface area contributed by atoms with Crippen molar-refractivity contribution in [2.75, 3.05) is 26.2 Å². The lowest BCUT2D eigenvalue weighted by Gasteiger charge is -2.23. The van der Waals surface area contributed by atoms with Gasteiger partial charge >= 0.3 is 0 Å². The quantitative estimate of drug-likeness (QED) is 0.822. The summed E-state index contributed by atoms with van der Waals surface area (Å²) in [7, 11) is 0. The van der Waals surface area contributed by atoms with Gasteiger partial charge in [-0.15, -0.1) is 0 Å². The molecule has 4 heteroatoms. The van der Waals surface area contributed by atoms with Crippen LogP contribution in [0.2, 0.25) is 0 Å². The molecular weight excluding hydrogens is 228 g/mol. The Labute approximate surface area is 108 Å². The zero-order chi connectivity index (χ0) is 12.8. The number of hydrogen-bond acceptors (Lipinski definition) is 3. The van der Waals surface area contributed by atoms with Crippen molar-refractivity contribution >= 4 is 5.91 Å². The smallest absolute Gasteiger partial charge is 0.224 e. The van der Waals surface area contributed by atoms with Gasteiger partial charge in [-0.2, -0.15) is 0 Å². The molecule has 0 bridgehead atoms. The van der Waals surface area contributed by atoms with Gasteiger partial charge in [0.25, 0.3) is 0 Å². The van der Waals surface area contributed by atoms with Crippen LogP contribution in [-0.4, -0.2) is 38.3 Å². The molecular formula is C14H20N2O2. The highest BCUT2D eigenvalue weighted by Gasteiger charge is 2.14. The van der Waals surface area contributed by atoms with Crippen LogP contribution in [0, 0.1) is 6.92 Å². The molecule has 0 radical (unpaired) electrons. The van der Waals surface area contributed by atoms with E-state index in [0.29, 0.717) is 13.0 Å². The first-order valence-corrected chi connectivity index (χ1v) is 6.39. The molecule has 1 fully saturated rings. The van der Waals surface area contributed by atoms with Crippen LogP contribution in [0.1, 0.15) is 11.1 Å². The van der Waals surface area contributed by atoms with Crippen molar-refractivity contribution in [3.8, 4) is 0 Å². The van der Waals surface area contributed by atoms with E-state index in [1.807, 2.05) is 31.2 Å². The van der Waals surface area contributed by atoms with Gasteiger partial charge in [0.1, 0.15) is 0 Å². The molecule has 4 nitrogen and oxygen atoms in total. The Morgan fingerprint density at radius 1 is 1.50 bits per heavy atom. The second-order valence-electron chi connectivity index (χ2n) is 4.60. The number of aryl methyl sites for hydroxylation is 1. The van der Waals surface area contributed by atoms with Gasteiger partial charge < -0.3 is 15.4 Å². The van der Waals surface area contributed by atoms with Crippen molar-refractivity contribution in [1.82, 2.24) is 10.6 Å². The lowest BCUT2D eigenvalue weighted by atomic mass is 10.1. The third-order valence-corrected chi connectivity index (χ3v) is 3.14. The molecule has 1 aromatic rings. The van der Waals surface area contributed by atoms with E-state index in [4.69, 9.17) is 4.74 Å². The Morgan fingerprint density at radius 3 is 3.06 bits per heavy atom. The van der Waals surface area contributed by atoms with E-state index in [1.165, 1.54) is 0 Å². The lowest BCUT2D eigenvalue weighted by Crippen LogP contribution is -2.45. The van der Waals surface area contributed by atoms with Crippen molar-refractivity contribution in [3.63, 3.8) is 0 Å². The maximum Gasteiger partial charge on any atom is 0.224 e. The summed E-state index contributed by atoms with van der Waals surface area (Å²) in [5, 5.41) is 6.17. The lowest BCUT2D eigenvalue weighted by molar-refractivity contribution is -0.121. The summed E-state index contributed by atoms with van der Waals surface area (Å²) in [5.74, 6) is 0.0541. The number of nitrogens with one attached hydrogen (secondary N) is 2. The summed E-state index contributed by atoms with van der Waals surface area (Å²) in [6.07, 6.45) is 0.534. The molecule has 1 heterocycles. The minimum Gasteiger partial charge on any atom is -0.374 e. The topological polar surface area (TPSA) is 50.4 Å². The van der Waals surface area contributed by atoms with Crippen LogP contribution in [0.3, 0.4) is 0 Å². The molecule has 18 heavy (non-hydrogen) atoms. The third-order valence-electron chi connectivity index (χ3n) is 3.14. The molecule has 1 atom stereocenters. The number of ether oxygens (including phenoxy) is 1. The van der Waals surface area contributed by atoms with Crippen LogP contribution < -0.4 is 10.6 Å². The van der Waals surface area contributed by atoms with Gasteiger partial charge in [-0.1, -0.05) is 24.3 Å². The SMILES string of the molecule is Cc1ccccc1CC(=O)NCC1CNCCO1. The number of carbonyl (C=O) groups excluding carboxylic acids is 1. The Kier molecular flexibility index (Phi) is 4.73. The van der Waals surface area contributed by atoms with E-state index < -0.39 is 0 Å². The van der Waals surface area contributed by atoms with Gasteiger partial charge in [-0.25, -0.2) is 0 Å². The Morgan fingerprint density at radius 2 is 2.33 bits per heavy atom. The van der Waals surface area contributed by atoms with Gasteiger partial charge in [0.15, 0.2) is 0 Å². The average Bonchev–Trinajstić information content (AvgIpc) is 2.40. The average molecular weight is 248 g/mol. The van der Waals surface area contributed by atoms with Gasteiger partial charge in [0, 0.05) is 19.6 Å². The van der Waals surface area contributed by atoms with Crippen LogP contribution >= 0.6 is 0 Å². The van der Waals surface area contributed by atoms with Crippen LogP contribution in [0.25, 0.3) is 0 Å². The number of hydrogen-bond donors (Lipinski definition) is 2. The summed E-state index contributed by atoms with van der Waals surface area (Å²) < 4.78 is 5.53. The number of rotatable bonds is 4. The summed E-state index contributed by atoms with van der Waals surface area (Å²) >= 11 is 0. The summed E-state index contributed by atoms with van der Waals surface area (Å²) in [6, 6.07) is 7.96. The van der Waals surface area contributed by atoms with Gasteiger partial charge in [0.2, 0.25) is 5.91 Å². The molecule has 0 aliphatic carbocycles. The van der Waals surface area contributed by atoms with Crippen molar-refractivity contribution in [2.45, 2.75) is 19.4 Å². The number of carbonyl (C=O) groups is 1. The summed E-state index contributed by atoms with van der Waals surface area (Å²) in [5.41, 5.74) is 2.24. The van der Waals surface area contributed by atoms with E-state index in [1.54, 1.807) is 0 Å². The van der Waals surface area contributed by atoms with E-state index in [2.05, 4.69) is 10.6 Å². The first-order valence-electron chi connectivity index (χ1n) is 6.39. The van der Waals surface area contributed by atoms with Crippen LogP contribution in [-0.2, 0) is 16.0 Å². The number of morpholine rings is 1. The van der Waals surface area contributed by atoms with Gasteiger partial charge in [-0.3, -0.25) is 4.79 Å². The molecule has 1 aliphatic heterocycles. The van der Waals surface area contributed by atoms with Crippen LogP contribution in [0.15, 0.2) is 24.3 Å². The van der Waals surface area contributed by atoms with Crippen LogP contribution in [0.5, 0.6) is 0 Å². The molecule has 0 saturated carbocycles. The molecule has 2 rings (SSSR count). The van der Waals surface area contributed by atoms with E-state index in [0.717, 1.165) is 30.8 Å². The molecule has 1 aromatic carbocycles. The minimum absolute atomic E-state index is 0.0541. The predicted molar refractivity (Wildman–Crippen MR) is 70.5 cm³/mol. The Bertz CT molecular complexity index is 401. The van der Waals surface area contributed by atoms with Crippen LogP contribution in [0.4, 0.5) is 0 Å². The van der Waals surface area contributed by atoms with Crippen molar-refractivity contribution in [3.05, 3.63) is 35.4 Å². The van der Waals surface area contributed by atoms with Crippen molar-refractivity contribution < 1.29 is 9.53 Å². The van der Waals surface area contributed by atoms with E-state index in [9.17, 15) is 4.79 Å². The maximum atomic E-state index is 11.8. The van der Waals surface area contributed by atoms with Crippen molar-refractivity contribution in [1.29, 1.82) is 0 Å². The maximum absolute atomic E-state index is 11.8.